The Morgan fingerprint density at radius 3 is 2.26 bits per heavy atom. The fraction of sp³-hybridized carbons (Fsp3) is 0.600. The van der Waals surface area contributed by atoms with Gasteiger partial charge < -0.3 is 19.7 Å². The number of carbonyl (C=O) groups excluding carboxylic acids is 4. The standard InChI is InChI=1S/C25H35N3O10/c1-8-20(30)38-37-18-11-10-17(28(33)34)21-15(18)13-14-27(21)19(29)12-9-16(22(31)35-24(2,3)4)26-23(32)36-25(5,6)7/h10-11,16H,8-9,12-14H2,1-7H3,(H,26,32)/t16-/m0/s1. The van der Waals surface area contributed by atoms with Crippen LogP contribution in [0, 0.1) is 10.1 Å². The molecule has 210 valence electrons. The topological polar surface area (TPSA) is 164 Å². The Labute approximate surface area is 220 Å². The van der Waals surface area contributed by atoms with E-state index in [1.54, 1.807) is 48.5 Å². The molecule has 1 heterocycles. The van der Waals surface area contributed by atoms with Crippen LogP contribution >= 0.6 is 0 Å². The molecule has 1 atom stereocenters. The van der Waals surface area contributed by atoms with E-state index in [0.717, 1.165) is 6.07 Å². The number of nitrogens with zero attached hydrogens (tertiary/aromatic N) is 2. The maximum absolute atomic E-state index is 13.2. The number of benzene rings is 1. The molecule has 0 aromatic heterocycles. The Hall–Kier alpha value is -3.90. The van der Waals surface area contributed by atoms with Crippen LogP contribution in [-0.4, -0.2) is 52.7 Å². The van der Waals surface area contributed by atoms with Gasteiger partial charge in [-0.05, 0) is 60.5 Å². The monoisotopic (exact) mass is 537 g/mol. The first kappa shape index (κ1) is 30.3. The number of ether oxygens (including phenoxy) is 2. The van der Waals surface area contributed by atoms with Crippen molar-refractivity contribution in [2.24, 2.45) is 0 Å². The number of nitro groups is 1. The zero-order valence-corrected chi connectivity index (χ0v) is 22.7. The minimum Gasteiger partial charge on any atom is -0.458 e. The molecule has 0 bridgehead atoms. The number of nitrogens with one attached hydrogen (secondary N) is 1. The number of hydrogen-bond donors (Lipinski definition) is 1. The predicted octanol–water partition coefficient (Wildman–Crippen LogP) is 3.75. The normalized spacial score (nSPS) is 13.7. The SMILES string of the molecule is CCC(=O)OOc1ccc([N+](=O)[O-])c2c1CCN2C(=O)CC[C@H](NC(=O)OC(C)(C)C)C(=O)OC(C)(C)C. The van der Waals surface area contributed by atoms with Crippen molar-refractivity contribution in [1.29, 1.82) is 0 Å². The summed E-state index contributed by atoms with van der Waals surface area (Å²) >= 11 is 0. The molecule has 13 heteroatoms. The lowest BCUT2D eigenvalue weighted by Crippen LogP contribution is -2.46. The van der Waals surface area contributed by atoms with Crippen LogP contribution in [0.3, 0.4) is 0 Å². The third kappa shape index (κ3) is 8.60. The minimum absolute atomic E-state index is 0.0268. The van der Waals surface area contributed by atoms with Gasteiger partial charge in [0.1, 0.15) is 22.9 Å². The van der Waals surface area contributed by atoms with Gasteiger partial charge >= 0.3 is 18.0 Å². The van der Waals surface area contributed by atoms with Crippen LogP contribution in [0.2, 0.25) is 0 Å². The van der Waals surface area contributed by atoms with E-state index in [4.69, 9.17) is 19.2 Å². The van der Waals surface area contributed by atoms with Crippen molar-refractivity contribution in [2.75, 3.05) is 11.4 Å². The molecule has 0 fully saturated rings. The van der Waals surface area contributed by atoms with Crippen LogP contribution in [0.5, 0.6) is 5.75 Å². The van der Waals surface area contributed by atoms with Crippen LogP contribution < -0.4 is 15.1 Å². The van der Waals surface area contributed by atoms with Crippen molar-refractivity contribution in [3.8, 4) is 5.75 Å². The van der Waals surface area contributed by atoms with E-state index in [1.807, 2.05) is 0 Å². The molecule has 0 spiro atoms. The fourth-order valence-corrected chi connectivity index (χ4v) is 3.58. The van der Waals surface area contributed by atoms with Gasteiger partial charge in [0.05, 0.1) is 4.92 Å². The lowest BCUT2D eigenvalue weighted by molar-refractivity contribution is -0.384. The molecule has 2 rings (SSSR count). The molecule has 1 aliphatic rings. The zero-order valence-electron chi connectivity index (χ0n) is 22.7. The average Bonchev–Trinajstić information content (AvgIpc) is 3.22. The second-order valence-electron chi connectivity index (χ2n) is 10.6. The molecule has 13 nitrogen and oxygen atoms in total. The van der Waals surface area contributed by atoms with Gasteiger partial charge in [0.25, 0.3) is 5.69 Å². The maximum Gasteiger partial charge on any atom is 0.408 e. The largest absolute Gasteiger partial charge is 0.458 e. The highest BCUT2D eigenvalue weighted by Gasteiger charge is 2.36. The molecule has 1 aromatic carbocycles. The van der Waals surface area contributed by atoms with Gasteiger partial charge in [-0.1, -0.05) is 6.92 Å². The second kappa shape index (κ2) is 12.1. The van der Waals surface area contributed by atoms with E-state index in [-0.39, 0.29) is 49.4 Å². The summed E-state index contributed by atoms with van der Waals surface area (Å²) in [6, 6.07) is 1.26. The van der Waals surface area contributed by atoms with E-state index in [1.165, 1.54) is 11.0 Å². The van der Waals surface area contributed by atoms with Gasteiger partial charge in [-0.3, -0.25) is 24.7 Å². The molecular weight excluding hydrogens is 502 g/mol. The van der Waals surface area contributed by atoms with E-state index in [2.05, 4.69) is 5.32 Å². The molecule has 0 saturated heterocycles. The summed E-state index contributed by atoms with van der Waals surface area (Å²) in [6.45, 7) is 11.7. The van der Waals surface area contributed by atoms with Gasteiger partial charge in [-0.2, -0.15) is 0 Å². The molecule has 1 aliphatic heterocycles. The number of nitro benzene ring substituents is 1. The quantitative estimate of drug-likeness (QED) is 0.212. The molecule has 0 saturated carbocycles. The van der Waals surface area contributed by atoms with Crippen molar-refractivity contribution < 1.29 is 43.4 Å². The summed E-state index contributed by atoms with van der Waals surface area (Å²) in [4.78, 5) is 71.9. The summed E-state index contributed by atoms with van der Waals surface area (Å²) < 4.78 is 10.6. The van der Waals surface area contributed by atoms with Crippen molar-refractivity contribution in [3.63, 3.8) is 0 Å². The highest BCUT2D eigenvalue weighted by atomic mass is 17.2. The Bertz CT molecular complexity index is 1090. The Balaban J connectivity index is 2.25. The van der Waals surface area contributed by atoms with Crippen molar-refractivity contribution in [2.45, 2.75) is 91.4 Å². The number of esters is 1. The molecule has 0 unspecified atom stereocenters. The zero-order chi connectivity index (χ0) is 28.8. The Morgan fingerprint density at radius 1 is 1.08 bits per heavy atom. The molecule has 1 aromatic rings. The van der Waals surface area contributed by atoms with E-state index in [9.17, 15) is 29.3 Å². The lowest BCUT2D eigenvalue weighted by atomic mass is 10.1. The number of hydrogen-bond acceptors (Lipinski definition) is 10. The number of amides is 2. The van der Waals surface area contributed by atoms with Gasteiger partial charge in [0, 0.05) is 31.0 Å². The van der Waals surface area contributed by atoms with Crippen molar-refractivity contribution >= 4 is 35.3 Å². The summed E-state index contributed by atoms with van der Waals surface area (Å²) in [6.07, 6.45) is -0.960. The molecule has 2 amide bonds. The van der Waals surface area contributed by atoms with Gasteiger partial charge in [-0.25, -0.2) is 14.4 Å². The lowest BCUT2D eigenvalue weighted by Gasteiger charge is -2.26. The summed E-state index contributed by atoms with van der Waals surface area (Å²) in [7, 11) is 0. The Kier molecular flexibility index (Phi) is 9.65. The van der Waals surface area contributed by atoms with Crippen molar-refractivity contribution in [1.82, 2.24) is 5.32 Å². The molecule has 0 radical (unpaired) electrons. The fourth-order valence-electron chi connectivity index (χ4n) is 3.58. The number of anilines is 1. The molecule has 38 heavy (non-hydrogen) atoms. The Morgan fingerprint density at radius 2 is 1.71 bits per heavy atom. The minimum atomic E-state index is -1.20. The van der Waals surface area contributed by atoms with Crippen LogP contribution in [0.4, 0.5) is 16.2 Å². The third-order valence-electron chi connectivity index (χ3n) is 5.11. The summed E-state index contributed by atoms with van der Waals surface area (Å²) in [5.74, 6) is -1.82. The first-order chi connectivity index (χ1) is 17.5. The summed E-state index contributed by atoms with van der Waals surface area (Å²) in [5, 5.41) is 14.1. The molecule has 0 aliphatic carbocycles. The van der Waals surface area contributed by atoms with Crippen LogP contribution in [0.25, 0.3) is 0 Å². The first-order valence-corrected chi connectivity index (χ1v) is 12.2. The van der Waals surface area contributed by atoms with Crippen LogP contribution in [0.15, 0.2) is 12.1 Å². The summed E-state index contributed by atoms with van der Waals surface area (Å²) in [5.41, 5.74) is -1.62. The van der Waals surface area contributed by atoms with E-state index >= 15 is 0 Å². The highest BCUT2D eigenvalue weighted by molar-refractivity contribution is 5.99. The number of carbonyl (C=O) groups is 4. The van der Waals surface area contributed by atoms with E-state index < -0.39 is 46.1 Å². The van der Waals surface area contributed by atoms with Crippen LogP contribution in [-0.2, 0) is 35.2 Å². The smallest absolute Gasteiger partial charge is 0.408 e. The third-order valence-corrected chi connectivity index (χ3v) is 5.11. The number of alkyl carbamates (subject to hydrolysis) is 1. The van der Waals surface area contributed by atoms with Gasteiger partial charge in [0.15, 0.2) is 5.75 Å². The van der Waals surface area contributed by atoms with E-state index in [0.29, 0.717) is 5.56 Å². The van der Waals surface area contributed by atoms with Gasteiger partial charge in [0.2, 0.25) is 5.91 Å². The number of rotatable bonds is 9. The number of fused-ring (bicyclic) bond motifs is 1. The van der Waals surface area contributed by atoms with Crippen molar-refractivity contribution in [3.05, 3.63) is 27.8 Å². The molecule has 1 N–H and O–H groups in total. The maximum atomic E-state index is 13.2. The van der Waals surface area contributed by atoms with Gasteiger partial charge in [-0.15, -0.1) is 0 Å². The average molecular weight is 538 g/mol. The predicted molar refractivity (Wildman–Crippen MR) is 134 cm³/mol. The first-order valence-electron chi connectivity index (χ1n) is 12.2. The molecular formula is C25H35N3O10. The highest BCUT2D eigenvalue weighted by Crippen LogP contribution is 2.42. The second-order valence-corrected chi connectivity index (χ2v) is 10.6. The van der Waals surface area contributed by atoms with Crippen LogP contribution in [0.1, 0.15) is 73.3 Å².